The molecule has 0 saturated heterocycles. The van der Waals surface area contributed by atoms with Crippen LogP contribution in [-0.2, 0) is 5.54 Å². The lowest BCUT2D eigenvalue weighted by Gasteiger charge is -2.26. The first-order valence-electron chi connectivity index (χ1n) is 6.62. The van der Waals surface area contributed by atoms with Crippen molar-refractivity contribution in [3.63, 3.8) is 0 Å². The highest BCUT2D eigenvalue weighted by Gasteiger charge is 2.22. The third kappa shape index (κ3) is 4.69. The van der Waals surface area contributed by atoms with E-state index in [2.05, 4.69) is 13.8 Å². The van der Waals surface area contributed by atoms with Crippen LogP contribution in [0.25, 0.3) is 0 Å². The molecule has 2 N–H and O–H groups in total. The first-order valence-corrected chi connectivity index (χ1v) is 6.99. The first kappa shape index (κ1) is 14.5. The van der Waals surface area contributed by atoms with E-state index in [0.717, 1.165) is 17.0 Å². The maximum atomic E-state index is 6.37. The molecule has 0 heterocycles. The predicted octanol–water partition coefficient (Wildman–Crippen LogP) is 4.87. The Morgan fingerprint density at radius 2 is 1.76 bits per heavy atom. The summed E-state index contributed by atoms with van der Waals surface area (Å²) < 4.78 is 0. The number of halogens is 1. The van der Waals surface area contributed by atoms with Gasteiger partial charge in [0.15, 0.2) is 0 Å². The molecule has 0 radical (unpaired) electrons. The van der Waals surface area contributed by atoms with Gasteiger partial charge in [0.05, 0.1) is 0 Å². The van der Waals surface area contributed by atoms with E-state index in [1.54, 1.807) is 0 Å². The third-order valence-corrected chi connectivity index (χ3v) is 3.62. The lowest BCUT2D eigenvalue weighted by Crippen LogP contribution is -2.33. The van der Waals surface area contributed by atoms with Crippen LogP contribution in [0.5, 0.6) is 0 Å². The fourth-order valence-corrected chi connectivity index (χ4v) is 2.51. The lowest BCUT2D eigenvalue weighted by atomic mass is 9.87. The molecular formula is C15H24ClN. The summed E-state index contributed by atoms with van der Waals surface area (Å²) in [5, 5.41) is 0.783. The number of hydrogen-bond donors (Lipinski definition) is 1. The van der Waals surface area contributed by atoms with Gasteiger partial charge < -0.3 is 5.73 Å². The van der Waals surface area contributed by atoms with Gasteiger partial charge in [-0.2, -0.15) is 0 Å². The minimum absolute atomic E-state index is 0.301. The molecule has 1 rings (SSSR count). The van der Waals surface area contributed by atoms with Crippen molar-refractivity contribution in [3.8, 4) is 0 Å². The molecule has 17 heavy (non-hydrogen) atoms. The zero-order valence-electron chi connectivity index (χ0n) is 11.0. The molecule has 2 heteroatoms. The Labute approximate surface area is 110 Å². The second-order valence-electron chi connectivity index (χ2n) is 5.06. The van der Waals surface area contributed by atoms with Gasteiger partial charge in [0, 0.05) is 10.6 Å². The van der Waals surface area contributed by atoms with Crippen molar-refractivity contribution in [2.75, 3.05) is 0 Å². The summed E-state index contributed by atoms with van der Waals surface area (Å²) in [6, 6.07) is 7.90. The molecule has 0 fully saturated rings. The van der Waals surface area contributed by atoms with Gasteiger partial charge in [-0.25, -0.2) is 0 Å². The summed E-state index contributed by atoms with van der Waals surface area (Å²) in [6.07, 6.45) is 7.37. The van der Waals surface area contributed by atoms with Crippen LogP contribution in [0.4, 0.5) is 0 Å². The van der Waals surface area contributed by atoms with E-state index in [0.29, 0.717) is 0 Å². The maximum Gasteiger partial charge on any atom is 0.0456 e. The van der Waals surface area contributed by atoms with Crippen LogP contribution >= 0.6 is 11.6 Å². The Morgan fingerprint density at radius 3 is 2.41 bits per heavy atom. The van der Waals surface area contributed by atoms with E-state index in [-0.39, 0.29) is 5.54 Å². The third-order valence-electron chi connectivity index (χ3n) is 3.29. The highest BCUT2D eigenvalue weighted by molar-refractivity contribution is 6.31. The minimum atomic E-state index is -0.301. The normalized spacial score (nSPS) is 14.6. The Hall–Kier alpha value is -0.530. The van der Waals surface area contributed by atoms with Crippen LogP contribution in [0.3, 0.4) is 0 Å². The van der Waals surface area contributed by atoms with Gasteiger partial charge in [0.25, 0.3) is 0 Å². The van der Waals surface area contributed by atoms with E-state index in [1.165, 1.54) is 32.1 Å². The summed E-state index contributed by atoms with van der Waals surface area (Å²) in [6.45, 7) is 4.31. The number of hydrogen-bond acceptors (Lipinski definition) is 1. The second-order valence-corrected chi connectivity index (χ2v) is 5.47. The van der Waals surface area contributed by atoms with Gasteiger partial charge in [0.2, 0.25) is 0 Å². The van der Waals surface area contributed by atoms with Crippen LogP contribution in [0, 0.1) is 0 Å². The monoisotopic (exact) mass is 253 g/mol. The Bertz CT molecular complexity index is 333. The van der Waals surface area contributed by atoms with Gasteiger partial charge >= 0.3 is 0 Å². The summed E-state index contributed by atoms with van der Waals surface area (Å²) >= 11 is 6.19. The van der Waals surface area contributed by atoms with E-state index >= 15 is 0 Å². The SMILES string of the molecule is CCCCCCCC(C)(N)c1ccccc1Cl. The van der Waals surface area contributed by atoms with Gasteiger partial charge in [-0.05, 0) is 25.0 Å². The van der Waals surface area contributed by atoms with Gasteiger partial charge in [-0.1, -0.05) is 68.8 Å². The average Bonchev–Trinajstić information content (AvgIpc) is 2.29. The molecule has 0 aliphatic rings. The fraction of sp³-hybridized carbons (Fsp3) is 0.600. The summed E-state index contributed by atoms with van der Waals surface area (Å²) in [5.41, 5.74) is 7.13. The molecule has 1 unspecified atom stereocenters. The number of nitrogens with two attached hydrogens (primary N) is 1. The fourth-order valence-electron chi connectivity index (χ4n) is 2.15. The highest BCUT2D eigenvalue weighted by atomic mass is 35.5. The topological polar surface area (TPSA) is 26.0 Å². The van der Waals surface area contributed by atoms with Crippen molar-refractivity contribution >= 4 is 11.6 Å². The van der Waals surface area contributed by atoms with Crippen molar-refractivity contribution in [2.45, 2.75) is 57.9 Å². The van der Waals surface area contributed by atoms with Gasteiger partial charge in [-0.15, -0.1) is 0 Å². The molecule has 0 amide bonds. The summed E-state index contributed by atoms with van der Waals surface area (Å²) in [7, 11) is 0. The van der Waals surface area contributed by atoms with Gasteiger partial charge in [0.1, 0.15) is 0 Å². The maximum absolute atomic E-state index is 6.37. The molecular weight excluding hydrogens is 230 g/mol. The average molecular weight is 254 g/mol. The van der Waals surface area contributed by atoms with Crippen LogP contribution in [-0.4, -0.2) is 0 Å². The molecule has 0 aromatic heterocycles. The standard InChI is InChI=1S/C15H24ClN/c1-3-4-5-6-9-12-15(2,17)13-10-7-8-11-14(13)16/h7-8,10-11H,3-6,9,12,17H2,1-2H3. The molecule has 0 aliphatic carbocycles. The zero-order valence-corrected chi connectivity index (χ0v) is 11.8. The van der Waals surface area contributed by atoms with Gasteiger partial charge in [-0.3, -0.25) is 0 Å². The van der Waals surface area contributed by atoms with Crippen molar-refractivity contribution in [1.29, 1.82) is 0 Å². The zero-order chi connectivity index (χ0) is 12.7. The Balaban J connectivity index is 2.48. The molecule has 1 atom stereocenters. The lowest BCUT2D eigenvalue weighted by molar-refractivity contribution is 0.422. The summed E-state index contributed by atoms with van der Waals surface area (Å²) in [4.78, 5) is 0. The van der Waals surface area contributed by atoms with Crippen LogP contribution in [0.1, 0.15) is 57.9 Å². The molecule has 0 bridgehead atoms. The Kier molecular flexibility index (Phi) is 6.01. The second kappa shape index (κ2) is 7.03. The van der Waals surface area contributed by atoms with Crippen molar-refractivity contribution < 1.29 is 0 Å². The predicted molar refractivity (Wildman–Crippen MR) is 76.4 cm³/mol. The number of rotatable bonds is 7. The van der Waals surface area contributed by atoms with Crippen molar-refractivity contribution in [2.24, 2.45) is 5.73 Å². The Morgan fingerprint density at radius 1 is 1.12 bits per heavy atom. The molecule has 96 valence electrons. The van der Waals surface area contributed by atoms with E-state index in [1.807, 2.05) is 24.3 Å². The molecule has 1 aromatic rings. The molecule has 0 spiro atoms. The quantitative estimate of drug-likeness (QED) is 0.689. The van der Waals surface area contributed by atoms with Crippen LogP contribution < -0.4 is 5.73 Å². The van der Waals surface area contributed by atoms with Crippen LogP contribution in [0.15, 0.2) is 24.3 Å². The molecule has 1 aromatic carbocycles. The first-order chi connectivity index (χ1) is 8.08. The van der Waals surface area contributed by atoms with E-state index in [9.17, 15) is 0 Å². The van der Waals surface area contributed by atoms with E-state index < -0.39 is 0 Å². The molecule has 0 saturated carbocycles. The highest BCUT2D eigenvalue weighted by Crippen LogP contribution is 2.30. The number of benzene rings is 1. The molecule has 0 aliphatic heterocycles. The number of unbranched alkanes of at least 4 members (excludes halogenated alkanes) is 4. The summed E-state index contributed by atoms with van der Waals surface area (Å²) in [5.74, 6) is 0. The molecule has 1 nitrogen and oxygen atoms in total. The van der Waals surface area contributed by atoms with Crippen molar-refractivity contribution in [1.82, 2.24) is 0 Å². The van der Waals surface area contributed by atoms with Crippen molar-refractivity contribution in [3.05, 3.63) is 34.9 Å². The smallest absolute Gasteiger partial charge is 0.0456 e. The minimum Gasteiger partial charge on any atom is -0.322 e. The van der Waals surface area contributed by atoms with Crippen LogP contribution in [0.2, 0.25) is 5.02 Å². The van der Waals surface area contributed by atoms with E-state index in [4.69, 9.17) is 17.3 Å². The largest absolute Gasteiger partial charge is 0.322 e.